The first-order valence-electron chi connectivity index (χ1n) is 13.5. The van der Waals surface area contributed by atoms with E-state index in [1.165, 1.54) is 23.5 Å². The summed E-state index contributed by atoms with van der Waals surface area (Å²) in [5, 5.41) is 10.4. The first-order valence-corrected chi connectivity index (χ1v) is 13.5. The number of pyridine rings is 1. The monoisotopic (exact) mass is 571 g/mol. The molecule has 2 aromatic heterocycles. The third kappa shape index (κ3) is 7.06. The SMILES string of the molecule is CCOC(=O)c1cc(-c2cnc(N(C)C3CCOCC3)nc2)c(C(=N)C(C)C)c([NH2+]c2cccc(C(F)(F)F)c2)n1. The van der Waals surface area contributed by atoms with Crippen LogP contribution in [-0.4, -0.2) is 59.5 Å². The zero-order valence-corrected chi connectivity index (χ0v) is 23.5. The summed E-state index contributed by atoms with van der Waals surface area (Å²) >= 11 is 0. The molecule has 1 saturated heterocycles. The molecular formula is C29H34F3N6O3+. The molecular weight excluding hydrogens is 537 g/mol. The summed E-state index contributed by atoms with van der Waals surface area (Å²) in [4.78, 5) is 28.4. The molecule has 0 aliphatic carbocycles. The number of hydrogen-bond acceptors (Lipinski definition) is 8. The lowest BCUT2D eigenvalue weighted by atomic mass is 9.92. The normalized spacial score (nSPS) is 14.2. The van der Waals surface area contributed by atoms with E-state index >= 15 is 0 Å². The molecule has 0 amide bonds. The molecule has 3 aromatic rings. The second-order valence-electron chi connectivity index (χ2n) is 10.1. The number of ether oxygens (including phenoxy) is 2. The van der Waals surface area contributed by atoms with Crippen molar-refractivity contribution in [3.8, 4) is 11.1 Å². The molecule has 1 aliphatic heterocycles. The Labute approximate surface area is 236 Å². The van der Waals surface area contributed by atoms with Gasteiger partial charge in [-0.2, -0.15) is 18.2 Å². The number of anilines is 1. The molecule has 0 radical (unpaired) electrons. The van der Waals surface area contributed by atoms with Crippen LogP contribution in [0.15, 0.2) is 42.7 Å². The Morgan fingerprint density at radius 1 is 1.20 bits per heavy atom. The third-order valence-electron chi connectivity index (χ3n) is 6.90. The molecule has 0 bridgehead atoms. The van der Waals surface area contributed by atoms with Crippen molar-refractivity contribution >= 4 is 29.1 Å². The Balaban J connectivity index is 1.83. The average Bonchev–Trinajstić information content (AvgIpc) is 2.96. The number of quaternary nitrogens is 1. The van der Waals surface area contributed by atoms with Crippen LogP contribution in [0.4, 0.5) is 30.6 Å². The van der Waals surface area contributed by atoms with Crippen LogP contribution in [0.1, 0.15) is 55.2 Å². The maximum Gasteiger partial charge on any atom is 0.416 e. The second-order valence-corrected chi connectivity index (χ2v) is 10.1. The predicted octanol–water partition coefficient (Wildman–Crippen LogP) is 4.90. The number of carbonyl (C=O) groups excluding carboxylic acids is 1. The van der Waals surface area contributed by atoms with Crippen molar-refractivity contribution < 1.29 is 32.8 Å². The van der Waals surface area contributed by atoms with Gasteiger partial charge in [0.2, 0.25) is 11.8 Å². The van der Waals surface area contributed by atoms with E-state index in [0.717, 1.165) is 25.0 Å². The first-order chi connectivity index (χ1) is 19.5. The van der Waals surface area contributed by atoms with E-state index in [0.29, 0.717) is 35.9 Å². The number of nitrogens with two attached hydrogens (primary N) is 1. The fourth-order valence-electron chi connectivity index (χ4n) is 4.62. The number of halogens is 3. The fourth-order valence-corrected chi connectivity index (χ4v) is 4.62. The highest BCUT2D eigenvalue weighted by molar-refractivity contribution is 6.08. The third-order valence-corrected chi connectivity index (χ3v) is 6.90. The number of nitrogens with zero attached hydrogens (tertiary/aromatic N) is 4. The summed E-state index contributed by atoms with van der Waals surface area (Å²) in [5.41, 5.74) is 0.933. The van der Waals surface area contributed by atoms with Crippen LogP contribution in [-0.2, 0) is 15.7 Å². The Morgan fingerprint density at radius 2 is 1.88 bits per heavy atom. The van der Waals surface area contributed by atoms with Crippen LogP contribution in [0.2, 0.25) is 0 Å². The summed E-state index contributed by atoms with van der Waals surface area (Å²) in [5.74, 6) is -0.243. The summed E-state index contributed by atoms with van der Waals surface area (Å²) in [6.07, 6.45) is 0.430. The molecule has 4 rings (SSSR count). The molecule has 1 aliphatic rings. The molecule has 1 aromatic carbocycles. The minimum atomic E-state index is -4.53. The topological polar surface area (TPSA) is 118 Å². The molecule has 9 nitrogen and oxygen atoms in total. The highest BCUT2D eigenvalue weighted by atomic mass is 19.4. The van der Waals surface area contributed by atoms with Crippen molar-refractivity contribution in [2.45, 2.75) is 45.8 Å². The lowest BCUT2D eigenvalue weighted by molar-refractivity contribution is -0.483. The minimum Gasteiger partial charge on any atom is -0.461 e. The molecule has 218 valence electrons. The van der Waals surface area contributed by atoms with Crippen molar-refractivity contribution in [1.29, 1.82) is 5.41 Å². The average molecular weight is 572 g/mol. The van der Waals surface area contributed by atoms with Gasteiger partial charge in [-0.15, -0.1) is 0 Å². The van der Waals surface area contributed by atoms with E-state index in [1.54, 1.807) is 19.3 Å². The molecule has 3 heterocycles. The predicted molar refractivity (Wildman–Crippen MR) is 148 cm³/mol. The van der Waals surface area contributed by atoms with Crippen LogP contribution < -0.4 is 10.2 Å². The highest BCUT2D eigenvalue weighted by Crippen LogP contribution is 2.32. The first kappa shape index (κ1) is 30.1. The fraction of sp³-hybridized carbons (Fsp3) is 0.414. The zero-order chi connectivity index (χ0) is 29.7. The van der Waals surface area contributed by atoms with Gasteiger partial charge in [0.1, 0.15) is 5.69 Å². The number of aromatic nitrogens is 3. The molecule has 41 heavy (non-hydrogen) atoms. The van der Waals surface area contributed by atoms with Crippen molar-refractivity contribution in [3.05, 3.63) is 59.5 Å². The van der Waals surface area contributed by atoms with E-state index in [9.17, 15) is 18.0 Å². The molecule has 0 atom stereocenters. The van der Waals surface area contributed by atoms with Gasteiger partial charge in [-0.1, -0.05) is 19.9 Å². The number of carbonyl (C=O) groups is 1. The van der Waals surface area contributed by atoms with Crippen LogP contribution in [0.3, 0.4) is 0 Å². The lowest BCUT2D eigenvalue weighted by Crippen LogP contribution is -2.72. The number of esters is 1. The Hall–Kier alpha value is -3.90. The van der Waals surface area contributed by atoms with Gasteiger partial charge in [0.05, 0.1) is 17.7 Å². The smallest absolute Gasteiger partial charge is 0.416 e. The molecule has 0 saturated carbocycles. The van der Waals surface area contributed by atoms with E-state index in [2.05, 4.69) is 15.0 Å². The number of benzene rings is 1. The van der Waals surface area contributed by atoms with E-state index < -0.39 is 17.7 Å². The van der Waals surface area contributed by atoms with Crippen LogP contribution in [0.5, 0.6) is 0 Å². The molecule has 3 N–H and O–H groups in total. The zero-order valence-electron chi connectivity index (χ0n) is 23.5. The Morgan fingerprint density at radius 3 is 2.49 bits per heavy atom. The summed E-state index contributed by atoms with van der Waals surface area (Å²) < 4.78 is 50.9. The summed E-state index contributed by atoms with van der Waals surface area (Å²) in [6, 6.07) is 6.57. The number of rotatable bonds is 9. The van der Waals surface area contributed by atoms with Crippen molar-refractivity contribution in [3.63, 3.8) is 0 Å². The van der Waals surface area contributed by atoms with Gasteiger partial charge < -0.3 is 19.8 Å². The van der Waals surface area contributed by atoms with Crippen LogP contribution >= 0.6 is 0 Å². The van der Waals surface area contributed by atoms with Crippen LogP contribution in [0, 0.1) is 11.3 Å². The Kier molecular flexibility index (Phi) is 9.34. The van der Waals surface area contributed by atoms with Gasteiger partial charge in [-0.3, -0.25) is 5.32 Å². The highest BCUT2D eigenvalue weighted by Gasteiger charge is 2.32. The van der Waals surface area contributed by atoms with E-state index in [-0.39, 0.29) is 41.5 Å². The molecule has 0 spiro atoms. The van der Waals surface area contributed by atoms with E-state index in [1.807, 2.05) is 25.8 Å². The molecule has 12 heteroatoms. The van der Waals surface area contributed by atoms with E-state index in [4.69, 9.17) is 14.9 Å². The summed E-state index contributed by atoms with van der Waals surface area (Å²) in [7, 11) is 1.93. The van der Waals surface area contributed by atoms with Gasteiger partial charge in [0, 0.05) is 61.6 Å². The molecule has 0 unspecified atom stereocenters. The lowest BCUT2D eigenvalue weighted by Gasteiger charge is -2.31. The standard InChI is InChI=1S/C29H33F3N6O3/c1-5-41-27(39)23-14-22(18-15-34-28(35-16-18)38(4)21-9-11-40-12-10-21)24(25(33)17(2)3)26(37-23)36-20-8-6-7-19(13-20)29(30,31)32/h6-8,13-17,21,33H,5,9-12H2,1-4H3,(H,36,37)/p+1. The van der Waals surface area contributed by atoms with Crippen LogP contribution in [0.25, 0.3) is 11.1 Å². The van der Waals surface area contributed by atoms with Crippen molar-refractivity contribution in [2.75, 3.05) is 31.8 Å². The van der Waals surface area contributed by atoms with Gasteiger partial charge in [0.15, 0.2) is 5.69 Å². The number of hydrogen-bond donors (Lipinski definition) is 2. The van der Waals surface area contributed by atoms with Crippen molar-refractivity contribution in [2.24, 2.45) is 5.92 Å². The summed E-state index contributed by atoms with van der Waals surface area (Å²) in [6.45, 7) is 6.80. The van der Waals surface area contributed by atoms with Gasteiger partial charge in [-0.25, -0.2) is 14.8 Å². The maximum absolute atomic E-state index is 13.4. The second kappa shape index (κ2) is 12.7. The van der Waals surface area contributed by atoms with Gasteiger partial charge in [0.25, 0.3) is 0 Å². The quantitative estimate of drug-likeness (QED) is 0.213. The largest absolute Gasteiger partial charge is 0.461 e. The van der Waals surface area contributed by atoms with Gasteiger partial charge >= 0.3 is 12.1 Å². The Bertz CT molecular complexity index is 1390. The number of nitrogens with one attached hydrogen (secondary N) is 1. The van der Waals surface area contributed by atoms with Crippen molar-refractivity contribution in [1.82, 2.24) is 15.0 Å². The molecule has 1 fully saturated rings. The maximum atomic E-state index is 13.4. The number of alkyl halides is 3. The van der Waals surface area contributed by atoms with Gasteiger partial charge in [-0.05, 0) is 43.9 Å². The minimum absolute atomic E-state index is 0.0382.